The second-order valence-corrected chi connectivity index (χ2v) is 7.22. The number of anilines is 1. The first-order chi connectivity index (χ1) is 15.0. The normalized spacial score (nSPS) is 11.3. The van der Waals surface area contributed by atoms with Crippen molar-refractivity contribution in [2.24, 2.45) is 4.99 Å². The molecule has 3 aromatic carbocycles. The van der Waals surface area contributed by atoms with Crippen molar-refractivity contribution in [3.8, 4) is 11.4 Å². The summed E-state index contributed by atoms with van der Waals surface area (Å²) in [5.41, 5.74) is 0.971. The highest BCUT2D eigenvalue weighted by Gasteiger charge is 2.15. The minimum atomic E-state index is -0.650. The van der Waals surface area contributed by atoms with Gasteiger partial charge in [0.05, 0.1) is 16.3 Å². The lowest BCUT2D eigenvalue weighted by Crippen LogP contribution is -2.28. The second-order valence-electron chi connectivity index (χ2n) is 6.30. The zero-order chi connectivity index (χ0) is 21.8. The Labute approximate surface area is 179 Å². The maximum absolute atomic E-state index is 13.2. The number of carbonyl (C=O) groups excluding carboxylic acids is 1. The molecule has 0 spiro atoms. The summed E-state index contributed by atoms with van der Waals surface area (Å²) in [4.78, 5) is 40.3. The molecule has 0 unspecified atom stereocenters. The average Bonchev–Trinajstić information content (AvgIpc) is 3.10. The van der Waals surface area contributed by atoms with Crippen LogP contribution in [0.5, 0.6) is 0 Å². The number of nitro benzene ring substituents is 1. The van der Waals surface area contributed by atoms with Crippen LogP contribution < -0.4 is 15.8 Å². The molecule has 4 rings (SSSR count). The molecule has 2 amide bonds. The molecule has 1 aromatic heterocycles. The predicted octanol–water partition coefficient (Wildman–Crippen LogP) is 3.73. The van der Waals surface area contributed by atoms with Crippen LogP contribution in [0.4, 0.5) is 16.2 Å². The van der Waals surface area contributed by atoms with E-state index in [4.69, 9.17) is 0 Å². The number of nitro groups is 1. The van der Waals surface area contributed by atoms with Gasteiger partial charge in [0, 0.05) is 17.8 Å². The van der Waals surface area contributed by atoms with Crippen LogP contribution in [-0.2, 0) is 0 Å². The molecule has 1 heterocycles. The van der Waals surface area contributed by atoms with Gasteiger partial charge in [-0.2, -0.15) is 4.99 Å². The summed E-state index contributed by atoms with van der Waals surface area (Å²) < 4.78 is 2.64. The van der Waals surface area contributed by atoms with Gasteiger partial charge in [0.1, 0.15) is 0 Å². The standard InChI is InChI=1S/C21H15N5O4S/c27-19(22-15-7-3-1-4-8-15)23-20-24(16-11-13-18(14-12-16)26(29)30)21(28)25(31-20)17-9-5-2-6-10-17/h1-14H,(H,22,27)/b23-20-. The van der Waals surface area contributed by atoms with Crippen LogP contribution in [0.1, 0.15) is 0 Å². The van der Waals surface area contributed by atoms with E-state index in [-0.39, 0.29) is 10.5 Å². The monoisotopic (exact) mass is 433 g/mol. The molecule has 0 aliphatic heterocycles. The molecule has 0 fully saturated rings. The molecule has 4 aromatic rings. The minimum absolute atomic E-state index is 0.108. The van der Waals surface area contributed by atoms with E-state index in [1.807, 2.05) is 12.1 Å². The number of nitrogens with one attached hydrogen (secondary N) is 1. The lowest BCUT2D eigenvalue weighted by molar-refractivity contribution is -0.384. The number of urea groups is 1. The van der Waals surface area contributed by atoms with Gasteiger partial charge in [-0.3, -0.25) is 10.1 Å². The van der Waals surface area contributed by atoms with Gasteiger partial charge in [0.25, 0.3) is 5.69 Å². The zero-order valence-corrected chi connectivity index (χ0v) is 16.7. The molecular formula is C21H15N5O4S. The number of nitrogens with zero attached hydrogens (tertiary/aromatic N) is 4. The number of carbonyl (C=O) groups is 1. The third-order valence-corrected chi connectivity index (χ3v) is 5.25. The fourth-order valence-electron chi connectivity index (χ4n) is 2.84. The molecule has 154 valence electrons. The Kier molecular flexibility index (Phi) is 5.54. The molecule has 0 bridgehead atoms. The first-order valence-electron chi connectivity index (χ1n) is 9.09. The summed E-state index contributed by atoms with van der Waals surface area (Å²) in [7, 11) is 0. The summed E-state index contributed by atoms with van der Waals surface area (Å²) in [6.45, 7) is 0. The number of para-hydroxylation sites is 2. The number of non-ortho nitro benzene ring substituents is 1. The van der Waals surface area contributed by atoms with Gasteiger partial charge in [-0.15, -0.1) is 0 Å². The van der Waals surface area contributed by atoms with E-state index < -0.39 is 16.6 Å². The van der Waals surface area contributed by atoms with Crippen LogP contribution in [0.2, 0.25) is 0 Å². The second kappa shape index (κ2) is 8.59. The van der Waals surface area contributed by atoms with E-state index in [1.54, 1.807) is 48.5 Å². The Morgan fingerprint density at radius 3 is 2.13 bits per heavy atom. The summed E-state index contributed by atoms with van der Waals surface area (Å²) in [5.74, 6) is 0. The Morgan fingerprint density at radius 2 is 1.52 bits per heavy atom. The number of rotatable bonds is 4. The first-order valence-corrected chi connectivity index (χ1v) is 9.87. The highest BCUT2D eigenvalue weighted by Crippen LogP contribution is 2.14. The van der Waals surface area contributed by atoms with Crippen molar-refractivity contribution < 1.29 is 9.72 Å². The molecule has 10 heteroatoms. The quantitative estimate of drug-likeness (QED) is 0.390. The van der Waals surface area contributed by atoms with Crippen LogP contribution in [-0.4, -0.2) is 19.5 Å². The van der Waals surface area contributed by atoms with Crippen molar-refractivity contribution in [1.29, 1.82) is 0 Å². The summed E-state index contributed by atoms with van der Waals surface area (Å²) >= 11 is 0.989. The van der Waals surface area contributed by atoms with Crippen molar-refractivity contribution in [2.75, 3.05) is 5.32 Å². The van der Waals surface area contributed by atoms with Crippen LogP contribution in [0.3, 0.4) is 0 Å². The summed E-state index contributed by atoms with van der Waals surface area (Å²) in [6.07, 6.45) is 0. The zero-order valence-electron chi connectivity index (χ0n) is 15.9. The first kappa shape index (κ1) is 20.0. The van der Waals surface area contributed by atoms with Crippen LogP contribution in [0.15, 0.2) is 94.7 Å². The van der Waals surface area contributed by atoms with Crippen molar-refractivity contribution in [2.45, 2.75) is 0 Å². The van der Waals surface area contributed by atoms with Crippen molar-refractivity contribution in [3.63, 3.8) is 0 Å². The Hall–Kier alpha value is -4.31. The fraction of sp³-hybridized carbons (Fsp3) is 0. The highest BCUT2D eigenvalue weighted by atomic mass is 32.1. The summed E-state index contributed by atoms with van der Waals surface area (Å²) in [5, 5.41) is 13.6. The van der Waals surface area contributed by atoms with Gasteiger partial charge in [-0.05, 0) is 47.9 Å². The molecule has 1 N–H and O–H groups in total. The predicted molar refractivity (Wildman–Crippen MR) is 117 cm³/mol. The third-order valence-electron chi connectivity index (χ3n) is 4.26. The van der Waals surface area contributed by atoms with E-state index in [2.05, 4.69) is 10.3 Å². The van der Waals surface area contributed by atoms with Crippen LogP contribution >= 0.6 is 11.5 Å². The van der Waals surface area contributed by atoms with Gasteiger partial charge in [-0.25, -0.2) is 18.1 Å². The molecule has 0 aliphatic rings. The number of hydrogen-bond acceptors (Lipinski definition) is 5. The molecule has 0 atom stereocenters. The van der Waals surface area contributed by atoms with E-state index in [0.29, 0.717) is 17.1 Å². The number of hydrogen-bond donors (Lipinski definition) is 1. The fourth-order valence-corrected chi connectivity index (χ4v) is 3.77. The number of benzene rings is 3. The topological polar surface area (TPSA) is 112 Å². The Bertz CT molecular complexity index is 1360. The molecule has 0 saturated carbocycles. The van der Waals surface area contributed by atoms with Crippen LogP contribution in [0, 0.1) is 10.1 Å². The lowest BCUT2D eigenvalue weighted by atomic mass is 10.3. The van der Waals surface area contributed by atoms with Crippen molar-refractivity contribution in [3.05, 3.63) is 110 Å². The largest absolute Gasteiger partial charge is 0.349 e. The van der Waals surface area contributed by atoms with E-state index in [0.717, 1.165) is 11.5 Å². The minimum Gasteiger partial charge on any atom is -0.306 e. The number of amides is 2. The Morgan fingerprint density at radius 1 is 0.903 bits per heavy atom. The van der Waals surface area contributed by atoms with Crippen LogP contribution in [0.25, 0.3) is 11.4 Å². The SMILES string of the molecule is O=C(/N=c1\sn(-c2ccccc2)c(=O)n1-c1ccc([N+](=O)[O-])cc1)Nc1ccccc1. The van der Waals surface area contributed by atoms with E-state index >= 15 is 0 Å². The molecule has 31 heavy (non-hydrogen) atoms. The van der Waals surface area contributed by atoms with Gasteiger partial charge in [0.15, 0.2) is 0 Å². The highest BCUT2D eigenvalue weighted by molar-refractivity contribution is 7.03. The van der Waals surface area contributed by atoms with Gasteiger partial charge >= 0.3 is 11.7 Å². The van der Waals surface area contributed by atoms with Gasteiger partial charge in [-0.1, -0.05) is 36.4 Å². The van der Waals surface area contributed by atoms with E-state index in [1.165, 1.54) is 32.8 Å². The van der Waals surface area contributed by atoms with E-state index in [9.17, 15) is 19.7 Å². The van der Waals surface area contributed by atoms with Crippen molar-refractivity contribution >= 4 is 28.9 Å². The lowest BCUT2D eigenvalue weighted by Gasteiger charge is -2.02. The molecular weight excluding hydrogens is 418 g/mol. The number of aromatic nitrogens is 2. The maximum atomic E-state index is 13.2. The smallest absolute Gasteiger partial charge is 0.306 e. The van der Waals surface area contributed by atoms with Gasteiger partial charge < -0.3 is 5.32 Å². The molecule has 0 saturated heterocycles. The summed E-state index contributed by atoms with van der Waals surface area (Å²) in [6, 6.07) is 22.5. The maximum Gasteiger partial charge on any atom is 0.349 e. The molecule has 9 nitrogen and oxygen atoms in total. The average molecular weight is 433 g/mol. The van der Waals surface area contributed by atoms with Crippen molar-refractivity contribution in [1.82, 2.24) is 8.52 Å². The molecule has 0 aliphatic carbocycles. The molecule has 0 radical (unpaired) electrons. The third kappa shape index (κ3) is 4.33. The van der Waals surface area contributed by atoms with Gasteiger partial charge in [0.2, 0.25) is 4.80 Å². The Balaban J connectivity index is 1.84.